The number of aryl methyl sites for hydroxylation is 1. The van der Waals surface area contributed by atoms with E-state index in [-0.39, 0.29) is 22.9 Å². The molecule has 7 heteroatoms. The van der Waals surface area contributed by atoms with Crippen molar-refractivity contribution >= 4 is 11.8 Å². The maximum Gasteiger partial charge on any atom is 0.323 e. The molecule has 0 unspecified atom stereocenters. The van der Waals surface area contributed by atoms with Crippen LogP contribution in [0, 0.1) is 5.92 Å². The SMILES string of the molecule is Cn1nc(NC(=O)N2C[C@@H]3COC[C@]3(c3ccccc3)C2)ccc1=O. The molecule has 0 spiro atoms. The number of hydrogen-bond donors (Lipinski definition) is 1. The molecule has 25 heavy (non-hydrogen) atoms. The summed E-state index contributed by atoms with van der Waals surface area (Å²) in [5.41, 5.74) is 0.858. The van der Waals surface area contributed by atoms with Crippen LogP contribution in [0.2, 0.25) is 0 Å². The van der Waals surface area contributed by atoms with Gasteiger partial charge in [0.2, 0.25) is 0 Å². The summed E-state index contributed by atoms with van der Waals surface area (Å²) >= 11 is 0. The molecule has 2 aliphatic heterocycles. The molecule has 130 valence electrons. The van der Waals surface area contributed by atoms with Crippen LogP contribution in [-0.2, 0) is 17.2 Å². The lowest BCUT2D eigenvalue weighted by atomic mass is 9.75. The molecule has 1 N–H and O–H groups in total. The Bertz CT molecular complexity index is 851. The summed E-state index contributed by atoms with van der Waals surface area (Å²) < 4.78 is 6.94. The van der Waals surface area contributed by atoms with E-state index >= 15 is 0 Å². The second-order valence-corrected chi connectivity index (χ2v) is 6.73. The van der Waals surface area contributed by atoms with Gasteiger partial charge in [-0.3, -0.25) is 10.1 Å². The minimum absolute atomic E-state index is 0.143. The number of amides is 2. The van der Waals surface area contributed by atoms with Gasteiger partial charge in [-0.15, -0.1) is 0 Å². The third-order valence-corrected chi connectivity index (χ3v) is 5.21. The van der Waals surface area contributed by atoms with E-state index in [1.54, 1.807) is 7.05 Å². The van der Waals surface area contributed by atoms with Gasteiger partial charge < -0.3 is 9.64 Å². The van der Waals surface area contributed by atoms with Gasteiger partial charge >= 0.3 is 6.03 Å². The number of hydrogen-bond acceptors (Lipinski definition) is 4. The second kappa shape index (κ2) is 6.00. The number of likely N-dealkylation sites (tertiary alicyclic amines) is 1. The van der Waals surface area contributed by atoms with Crippen LogP contribution in [0.3, 0.4) is 0 Å². The lowest BCUT2D eigenvalue weighted by Crippen LogP contribution is -2.39. The maximum absolute atomic E-state index is 12.7. The molecule has 0 bridgehead atoms. The molecule has 2 saturated heterocycles. The topological polar surface area (TPSA) is 76.5 Å². The molecule has 2 amide bonds. The molecule has 2 aromatic rings. The second-order valence-electron chi connectivity index (χ2n) is 6.73. The Morgan fingerprint density at radius 1 is 1.28 bits per heavy atom. The van der Waals surface area contributed by atoms with Crippen LogP contribution in [0.1, 0.15) is 5.56 Å². The van der Waals surface area contributed by atoms with E-state index < -0.39 is 0 Å². The molecule has 2 fully saturated rings. The fraction of sp³-hybridized carbons (Fsp3) is 0.389. The number of fused-ring (bicyclic) bond motifs is 1. The lowest BCUT2D eigenvalue weighted by Gasteiger charge is -2.27. The van der Waals surface area contributed by atoms with Crippen molar-refractivity contribution in [1.82, 2.24) is 14.7 Å². The first-order chi connectivity index (χ1) is 12.1. The van der Waals surface area contributed by atoms with Gasteiger partial charge in [-0.25, -0.2) is 9.48 Å². The number of benzene rings is 1. The Morgan fingerprint density at radius 2 is 2.08 bits per heavy atom. The number of anilines is 1. The molecular weight excluding hydrogens is 320 g/mol. The third-order valence-electron chi connectivity index (χ3n) is 5.21. The molecule has 7 nitrogen and oxygen atoms in total. The number of nitrogens with one attached hydrogen (secondary N) is 1. The summed E-state index contributed by atoms with van der Waals surface area (Å²) in [6, 6.07) is 13.0. The Morgan fingerprint density at radius 3 is 2.84 bits per heavy atom. The van der Waals surface area contributed by atoms with Crippen molar-refractivity contribution in [2.45, 2.75) is 5.41 Å². The van der Waals surface area contributed by atoms with Gasteiger partial charge in [-0.2, -0.15) is 5.10 Å². The minimum Gasteiger partial charge on any atom is -0.380 e. The quantitative estimate of drug-likeness (QED) is 0.892. The molecule has 0 radical (unpaired) electrons. The van der Waals surface area contributed by atoms with E-state index in [4.69, 9.17) is 4.74 Å². The van der Waals surface area contributed by atoms with Crippen molar-refractivity contribution < 1.29 is 9.53 Å². The monoisotopic (exact) mass is 340 g/mol. The van der Waals surface area contributed by atoms with E-state index in [0.717, 1.165) is 0 Å². The summed E-state index contributed by atoms with van der Waals surface area (Å²) in [5, 5.41) is 6.84. The summed E-state index contributed by atoms with van der Waals surface area (Å²) in [4.78, 5) is 25.9. The number of carbonyl (C=O) groups excluding carboxylic acids is 1. The molecule has 3 heterocycles. The highest BCUT2D eigenvalue weighted by Gasteiger charge is 2.52. The average Bonchev–Trinajstić information content (AvgIpc) is 3.17. The number of rotatable bonds is 2. The summed E-state index contributed by atoms with van der Waals surface area (Å²) in [6.45, 7) is 2.55. The Labute approximate surface area is 145 Å². The van der Waals surface area contributed by atoms with Crippen LogP contribution in [-0.4, -0.2) is 47.0 Å². The van der Waals surface area contributed by atoms with Crippen LogP contribution in [0.4, 0.5) is 10.6 Å². The van der Waals surface area contributed by atoms with Crippen molar-refractivity contribution in [3.05, 3.63) is 58.4 Å². The first-order valence-corrected chi connectivity index (χ1v) is 8.32. The number of urea groups is 1. The first kappa shape index (κ1) is 15.8. The number of nitrogens with zero attached hydrogens (tertiary/aromatic N) is 3. The van der Waals surface area contributed by atoms with Crippen LogP contribution in [0.5, 0.6) is 0 Å². The molecule has 2 aliphatic rings. The molecule has 4 rings (SSSR count). The molecule has 1 aromatic carbocycles. The molecule has 0 aliphatic carbocycles. The van der Waals surface area contributed by atoms with Gasteiger partial charge in [-0.1, -0.05) is 30.3 Å². The minimum atomic E-state index is -0.214. The standard InChI is InChI=1S/C18H20N4O3/c1-21-16(23)8-7-15(20-21)19-17(24)22-9-14-10-25-12-18(14,11-22)13-5-3-2-4-6-13/h2-8,14H,9-12H2,1H3,(H,19,20,24)/t14-,18+/m1/s1. The molecule has 2 atom stereocenters. The van der Waals surface area contributed by atoms with E-state index in [9.17, 15) is 9.59 Å². The van der Waals surface area contributed by atoms with Crippen LogP contribution >= 0.6 is 0 Å². The number of aromatic nitrogens is 2. The van der Waals surface area contributed by atoms with E-state index in [0.29, 0.717) is 32.1 Å². The smallest absolute Gasteiger partial charge is 0.323 e. The van der Waals surface area contributed by atoms with Gasteiger partial charge in [0.1, 0.15) is 0 Å². The first-order valence-electron chi connectivity index (χ1n) is 8.32. The Balaban J connectivity index is 1.54. The highest BCUT2D eigenvalue weighted by molar-refractivity contribution is 5.88. The van der Waals surface area contributed by atoms with E-state index in [1.165, 1.54) is 22.4 Å². The zero-order valence-electron chi connectivity index (χ0n) is 14.0. The van der Waals surface area contributed by atoms with Gasteiger partial charge in [0.15, 0.2) is 5.82 Å². The number of carbonyl (C=O) groups is 1. The fourth-order valence-electron chi connectivity index (χ4n) is 3.83. The molecule has 0 saturated carbocycles. The number of ether oxygens (including phenoxy) is 1. The largest absolute Gasteiger partial charge is 0.380 e. The molecule has 1 aromatic heterocycles. The van der Waals surface area contributed by atoms with Gasteiger partial charge in [0.05, 0.1) is 13.2 Å². The normalized spacial score (nSPS) is 25.0. The van der Waals surface area contributed by atoms with Crippen LogP contribution < -0.4 is 10.9 Å². The van der Waals surface area contributed by atoms with Crippen molar-refractivity contribution in [3.63, 3.8) is 0 Å². The van der Waals surface area contributed by atoms with Crippen LogP contribution in [0.25, 0.3) is 0 Å². The van der Waals surface area contributed by atoms with Crippen molar-refractivity contribution in [1.29, 1.82) is 0 Å². The van der Waals surface area contributed by atoms with E-state index in [1.807, 2.05) is 23.1 Å². The van der Waals surface area contributed by atoms with Crippen molar-refractivity contribution in [3.8, 4) is 0 Å². The third kappa shape index (κ3) is 2.70. The highest BCUT2D eigenvalue weighted by Crippen LogP contribution is 2.43. The highest BCUT2D eigenvalue weighted by atomic mass is 16.5. The fourth-order valence-corrected chi connectivity index (χ4v) is 3.83. The lowest BCUT2D eigenvalue weighted by molar-refractivity contribution is 0.152. The van der Waals surface area contributed by atoms with Gasteiger partial charge in [-0.05, 0) is 11.6 Å². The Kier molecular flexibility index (Phi) is 3.80. The summed E-state index contributed by atoms with van der Waals surface area (Å²) in [7, 11) is 1.56. The zero-order chi connectivity index (χ0) is 17.4. The Hall–Kier alpha value is -2.67. The average molecular weight is 340 g/mol. The van der Waals surface area contributed by atoms with Gasteiger partial charge in [0.25, 0.3) is 5.56 Å². The van der Waals surface area contributed by atoms with Crippen LogP contribution in [0.15, 0.2) is 47.3 Å². The summed E-state index contributed by atoms with van der Waals surface area (Å²) in [5.74, 6) is 0.655. The predicted octanol–water partition coefficient (Wildman–Crippen LogP) is 1.21. The zero-order valence-corrected chi connectivity index (χ0v) is 14.0. The maximum atomic E-state index is 12.7. The van der Waals surface area contributed by atoms with Gasteiger partial charge in [0, 0.05) is 37.5 Å². The predicted molar refractivity (Wildman–Crippen MR) is 92.5 cm³/mol. The summed E-state index contributed by atoms with van der Waals surface area (Å²) in [6.07, 6.45) is 0. The van der Waals surface area contributed by atoms with E-state index in [2.05, 4.69) is 22.5 Å². The van der Waals surface area contributed by atoms with Crippen molar-refractivity contribution in [2.75, 3.05) is 31.6 Å². The van der Waals surface area contributed by atoms with Crippen molar-refractivity contribution in [2.24, 2.45) is 13.0 Å². The molecular formula is C18H20N4O3.